The zero-order valence-electron chi connectivity index (χ0n) is 14.4. The van der Waals surface area contributed by atoms with Crippen LogP contribution in [0.5, 0.6) is 0 Å². The summed E-state index contributed by atoms with van der Waals surface area (Å²) in [7, 11) is 0. The van der Waals surface area contributed by atoms with Crippen molar-refractivity contribution in [2.45, 2.75) is 27.3 Å². The molecule has 6 nitrogen and oxygen atoms in total. The molecule has 0 aliphatic heterocycles. The summed E-state index contributed by atoms with van der Waals surface area (Å²) in [4.78, 5) is 13.3. The fourth-order valence-corrected chi connectivity index (χ4v) is 2.54. The van der Waals surface area contributed by atoms with Crippen LogP contribution in [-0.4, -0.2) is 27.6 Å². The van der Waals surface area contributed by atoms with Crippen molar-refractivity contribution < 1.29 is 0 Å². The first-order valence-corrected chi connectivity index (χ1v) is 8.68. The van der Waals surface area contributed by atoms with Crippen molar-refractivity contribution >= 4 is 40.8 Å². The van der Waals surface area contributed by atoms with Crippen molar-refractivity contribution in [3.8, 4) is 0 Å². The lowest BCUT2D eigenvalue weighted by Crippen LogP contribution is -2.42. The summed E-state index contributed by atoms with van der Waals surface area (Å²) in [6, 6.07) is 9.48. The van der Waals surface area contributed by atoms with Gasteiger partial charge in [0.05, 0.1) is 6.54 Å². The SMILES string of the molecule is CCNC(=S)NC(=NCc1ccccc1Cl)Nc1nc(C)cc(C)n1. The van der Waals surface area contributed by atoms with Crippen LogP contribution >= 0.6 is 23.8 Å². The van der Waals surface area contributed by atoms with Crippen molar-refractivity contribution in [2.75, 3.05) is 11.9 Å². The Bertz CT molecular complexity index is 757. The third-order valence-corrected chi connectivity index (χ3v) is 3.76. The Balaban J connectivity index is 2.21. The number of thiocarbonyl (C=S) groups is 1. The predicted octanol–water partition coefficient (Wildman–Crippen LogP) is 3.20. The zero-order valence-corrected chi connectivity index (χ0v) is 16.0. The van der Waals surface area contributed by atoms with Crippen molar-refractivity contribution in [3.05, 3.63) is 52.3 Å². The topological polar surface area (TPSA) is 74.2 Å². The Morgan fingerprint density at radius 3 is 2.52 bits per heavy atom. The third kappa shape index (κ3) is 6.28. The molecule has 8 heteroatoms. The molecule has 0 bridgehead atoms. The molecule has 0 fully saturated rings. The number of guanidine groups is 1. The number of aryl methyl sites for hydroxylation is 2. The van der Waals surface area contributed by atoms with E-state index in [9.17, 15) is 0 Å². The maximum atomic E-state index is 6.19. The number of benzene rings is 1. The van der Waals surface area contributed by atoms with Gasteiger partial charge in [-0.2, -0.15) is 0 Å². The fraction of sp³-hybridized carbons (Fsp3) is 0.294. The Morgan fingerprint density at radius 1 is 1.20 bits per heavy atom. The fourth-order valence-electron chi connectivity index (χ4n) is 2.10. The summed E-state index contributed by atoms with van der Waals surface area (Å²) in [5.41, 5.74) is 2.66. The van der Waals surface area contributed by atoms with Gasteiger partial charge in [0.25, 0.3) is 0 Å². The standard InChI is InChI=1S/C17H21ClN6S/c1-4-19-17(25)24-15(20-10-13-7-5-6-8-14(13)18)23-16-21-11(2)9-12(3)22-16/h5-9H,4,10H2,1-3H3,(H3,19,20,21,22,23,24,25). The smallest absolute Gasteiger partial charge is 0.229 e. The van der Waals surface area contributed by atoms with Crippen LogP contribution in [0.25, 0.3) is 0 Å². The van der Waals surface area contributed by atoms with E-state index in [0.717, 1.165) is 17.0 Å². The summed E-state index contributed by atoms with van der Waals surface area (Å²) in [6.07, 6.45) is 0. The minimum absolute atomic E-state index is 0.397. The number of nitrogens with zero attached hydrogens (tertiary/aromatic N) is 3. The van der Waals surface area contributed by atoms with Gasteiger partial charge in [-0.25, -0.2) is 15.0 Å². The molecule has 0 atom stereocenters. The number of anilines is 1. The molecule has 0 aliphatic rings. The minimum Gasteiger partial charge on any atom is -0.363 e. The first kappa shape index (κ1) is 19.1. The first-order valence-electron chi connectivity index (χ1n) is 7.90. The van der Waals surface area contributed by atoms with E-state index in [-0.39, 0.29) is 0 Å². The van der Waals surface area contributed by atoms with Gasteiger partial charge < -0.3 is 10.6 Å². The maximum Gasteiger partial charge on any atom is 0.229 e. The third-order valence-electron chi connectivity index (χ3n) is 3.15. The Labute approximate surface area is 158 Å². The lowest BCUT2D eigenvalue weighted by Gasteiger charge is -2.13. The highest BCUT2D eigenvalue weighted by molar-refractivity contribution is 7.80. The molecule has 25 heavy (non-hydrogen) atoms. The number of nitrogens with one attached hydrogen (secondary N) is 3. The van der Waals surface area contributed by atoms with Gasteiger partial charge in [-0.3, -0.25) is 5.32 Å². The van der Waals surface area contributed by atoms with E-state index >= 15 is 0 Å². The number of hydrogen-bond acceptors (Lipinski definition) is 4. The minimum atomic E-state index is 0.397. The Morgan fingerprint density at radius 2 is 1.88 bits per heavy atom. The van der Waals surface area contributed by atoms with Crippen LogP contribution in [0.15, 0.2) is 35.3 Å². The second-order valence-electron chi connectivity index (χ2n) is 5.34. The largest absolute Gasteiger partial charge is 0.363 e. The summed E-state index contributed by atoms with van der Waals surface area (Å²) in [6.45, 7) is 6.90. The van der Waals surface area contributed by atoms with Crippen LogP contribution in [0.1, 0.15) is 23.9 Å². The average molecular weight is 377 g/mol. The van der Waals surface area contributed by atoms with E-state index in [4.69, 9.17) is 23.8 Å². The highest BCUT2D eigenvalue weighted by atomic mass is 35.5. The number of rotatable bonds is 4. The maximum absolute atomic E-state index is 6.19. The lowest BCUT2D eigenvalue weighted by atomic mass is 10.2. The van der Waals surface area contributed by atoms with E-state index in [1.807, 2.05) is 51.1 Å². The number of aromatic nitrogens is 2. The summed E-state index contributed by atoms with van der Waals surface area (Å²) in [5.74, 6) is 0.915. The van der Waals surface area contributed by atoms with Crippen LogP contribution in [0.2, 0.25) is 5.02 Å². The van der Waals surface area contributed by atoms with Gasteiger partial charge in [-0.15, -0.1) is 0 Å². The molecule has 0 radical (unpaired) electrons. The number of hydrogen-bond donors (Lipinski definition) is 3. The molecule has 0 saturated carbocycles. The van der Waals surface area contributed by atoms with Gasteiger partial charge in [0, 0.05) is 23.0 Å². The average Bonchev–Trinajstić information content (AvgIpc) is 2.53. The van der Waals surface area contributed by atoms with Crippen molar-refractivity contribution in [1.29, 1.82) is 0 Å². The molecule has 0 aliphatic carbocycles. The van der Waals surface area contributed by atoms with E-state index < -0.39 is 0 Å². The number of halogens is 1. The highest BCUT2D eigenvalue weighted by Crippen LogP contribution is 2.15. The molecular weight excluding hydrogens is 356 g/mol. The molecule has 1 heterocycles. The summed E-state index contributed by atoms with van der Waals surface area (Å²) in [5, 5.41) is 10.3. The van der Waals surface area contributed by atoms with Crippen LogP contribution in [0, 0.1) is 13.8 Å². The van der Waals surface area contributed by atoms with Crippen LogP contribution in [0.3, 0.4) is 0 Å². The molecule has 2 aromatic rings. The van der Waals surface area contributed by atoms with Crippen LogP contribution < -0.4 is 16.0 Å². The van der Waals surface area contributed by atoms with Crippen molar-refractivity contribution in [2.24, 2.45) is 4.99 Å². The van der Waals surface area contributed by atoms with Gasteiger partial charge in [0.15, 0.2) is 5.11 Å². The molecule has 0 spiro atoms. The molecule has 3 N–H and O–H groups in total. The molecule has 1 aromatic heterocycles. The van der Waals surface area contributed by atoms with E-state index in [1.54, 1.807) is 0 Å². The van der Waals surface area contributed by atoms with Crippen molar-refractivity contribution in [1.82, 2.24) is 20.6 Å². The highest BCUT2D eigenvalue weighted by Gasteiger charge is 2.07. The molecule has 1 aromatic carbocycles. The van der Waals surface area contributed by atoms with Gasteiger partial charge in [-0.05, 0) is 50.7 Å². The van der Waals surface area contributed by atoms with Crippen LogP contribution in [0.4, 0.5) is 5.95 Å². The zero-order chi connectivity index (χ0) is 18.2. The molecule has 0 unspecified atom stereocenters. The molecule has 2 rings (SSSR count). The molecular formula is C17H21ClN6S. The predicted molar refractivity (Wildman–Crippen MR) is 107 cm³/mol. The van der Waals surface area contributed by atoms with Crippen molar-refractivity contribution in [3.63, 3.8) is 0 Å². The lowest BCUT2D eigenvalue weighted by molar-refractivity contribution is 0.948. The van der Waals surface area contributed by atoms with Gasteiger partial charge >= 0.3 is 0 Å². The van der Waals surface area contributed by atoms with E-state index in [0.29, 0.717) is 35.1 Å². The first-order chi connectivity index (χ1) is 12.0. The summed E-state index contributed by atoms with van der Waals surface area (Å²) < 4.78 is 0. The van der Waals surface area contributed by atoms with E-state index in [1.165, 1.54) is 0 Å². The molecule has 0 amide bonds. The quantitative estimate of drug-likeness (QED) is 0.432. The second kappa shape index (κ2) is 9.29. The molecule has 132 valence electrons. The monoisotopic (exact) mass is 376 g/mol. The van der Waals surface area contributed by atoms with Gasteiger partial charge in [0.2, 0.25) is 11.9 Å². The normalized spacial score (nSPS) is 11.1. The van der Waals surface area contributed by atoms with Gasteiger partial charge in [-0.1, -0.05) is 29.8 Å². The van der Waals surface area contributed by atoms with Gasteiger partial charge in [0.1, 0.15) is 0 Å². The molecule has 0 saturated heterocycles. The van der Waals surface area contributed by atoms with E-state index in [2.05, 4.69) is 30.9 Å². The number of aliphatic imine (C=N–C) groups is 1. The summed E-state index contributed by atoms with van der Waals surface area (Å²) >= 11 is 11.4. The Kier molecular flexibility index (Phi) is 7.09. The second-order valence-corrected chi connectivity index (χ2v) is 6.16. The van der Waals surface area contributed by atoms with Crippen LogP contribution in [-0.2, 0) is 6.54 Å². The Hall–Kier alpha value is -2.25.